The predicted molar refractivity (Wildman–Crippen MR) is 59.8 cm³/mol. The van der Waals surface area contributed by atoms with Gasteiger partial charge in [-0.05, 0) is 23.6 Å². The molecule has 0 fully saturated rings. The Labute approximate surface area is 145 Å². The quantitative estimate of drug-likeness (QED) is 0.562. The van der Waals surface area contributed by atoms with Crippen molar-refractivity contribution in [2.75, 3.05) is 0 Å². The van der Waals surface area contributed by atoms with E-state index in [1.807, 2.05) is 0 Å². The Morgan fingerprint density at radius 3 is 2.65 bits per heavy atom. The van der Waals surface area contributed by atoms with Crippen LogP contribution in [0.4, 0.5) is 0 Å². The summed E-state index contributed by atoms with van der Waals surface area (Å²) in [5.74, 6) is -0.990. The molecule has 2 aromatic carbocycles. The zero-order valence-corrected chi connectivity index (χ0v) is 12.9. The van der Waals surface area contributed by atoms with Gasteiger partial charge in [0.25, 0.3) is 5.91 Å². The molecule has 1 heterocycles. The molecule has 1 aliphatic heterocycles. The molecule has 0 radical (unpaired) electrons. The van der Waals surface area contributed by atoms with Crippen LogP contribution >= 0.6 is 11.6 Å². The van der Waals surface area contributed by atoms with Crippen LogP contribution in [-0.4, -0.2) is 11.8 Å². The maximum atomic E-state index is 11.6. The molecule has 1 aliphatic rings. The minimum absolute atomic E-state index is 0. The Balaban J connectivity index is 0.00000108. The average molecular weight is 270 g/mol. The molecular weight excluding hydrogens is 265 g/mol. The molecule has 0 spiro atoms. The zero-order valence-electron chi connectivity index (χ0n) is 9.03. The molecular formula is C12H5ClKNO2. The van der Waals surface area contributed by atoms with E-state index in [0.29, 0.717) is 26.9 Å². The van der Waals surface area contributed by atoms with Crippen LogP contribution in [0, 0.1) is 0 Å². The smallest absolute Gasteiger partial charge is 0.858 e. The van der Waals surface area contributed by atoms with Crippen molar-refractivity contribution in [1.82, 2.24) is 0 Å². The summed E-state index contributed by atoms with van der Waals surface area (Å²) in [7, 11) is 0. The number of rotatable bonds is 0. The third-order valence-electron chi connectivity index (χ3n) is 2.65. The van der Waals surface area contributed by atoms with E-state index in [-0.39, 0.29) is 51.4 Å². The number of carbonyl (C=O) groups is 1. The maximum Gasteiger partial charge on any atom is 1.00 e. The van der Waals surface area contributed by atoms with E-state index in [1.54, 1.807) is 30.3 Å². The summed E-state index contributed by atoms with van der Waals surface area (Å²) in [5, 5.41) is 13.4. The van der Waals surface area contributed by atoms with Crippen molar-refractivity contribution in [2.24, 2.45) is 4.99 Å². The molecule has 0 unspecified atom stereocenters. The van der Waals surface area contributed by atoms with Gasteiger partial charge in [-0.15, -0.1) is 0 Å². The Bertz CT molecular complexity index is 667. The van der Waals surface area contributed by atoms with Crippen molar-refractivity contribution >= 4 is 34.2 Å². The first-order valence-electron chi connectivity index (χ1n) is 4.70. The maximum absolute atomic E-state index is 11.6. The molecule has 0 saturated heterocycles. The van der Waals surface area contributed by atoms with Gasteiger partial charge in [-0.2, -0.15) is 0 Å². The molecule has 0 atom stereocenters. The largest absolute Gasteiger partial charge is 1.00 e. The number of hydrogen-bond donors (Lipinski definition) is 0. The van der Waals surface area contributed by atoms with E-state index in [1.165, 1.54) is 0 Å². The summed E-state index contributed by atoms with van der Waals surface area (Å²) in [6.07, 6.45) is 0. The molecule has 17 heavy (non-hydrogen) atoms. The average Bonchev–Trinajstić information content (AvgIpc) is 2.27. The fourth-order valence-corrected chi connectivity index (χ4v) is 2.16. The van der Waals surface area contributed by atoms with Crippen LogP contribution in [0.2, 0.25) is 5.02 Å². The SMILES string of the molecule is O=C1N=C([O-])c2cccc3c(Cl)ccc1c23.[K+]. The van der Waals surface area contributed by atoms with Crippen molar-refractivity contribution in [3.63, 3.8) is 0 Å². The molecule has 0 bridgehead atoms. The van der Waals surface area contributed by atoms with Gasteiger partial charge in [0.15, 0.2) is 0 Å². The second-order valence-electron chi connectivity index (χ2n) is 3.55. The summed E-state index contributed by atoms with van der Waals surface area (Å²) >= 11 is 6.02. The van der Waals surface area contributed by atoms with Crippen molar-refractivity contribution in [3.05, 3.63) is 46.5 Å². The number of benzene rings is 2. The van der Waals surface area contributed by atoms with E-state index in [9.17, 15) is 9.90 Å². The standard InChI is InChI=1S/C12H6ClNO2.K/c13-9-5-4-8-10-6(9)2-1-3-7(10)11(15)14-12(8)16;/h1-5H,(H,14,15,16);/q;+1/p-1. The molecule has 0 saturated carbocycles. The molecule has 2 aromatic rings. The number of hydrogen-bond acceptors (Lipinski definition) is 2. The fraction of sp³-hybridized carbons (Fsp3) is 0. The van der Waals surface area contributed by atoms with E-state index in [4.69, 9.17) is 11.6 Å². The van der Waals surface area contributed by atoms with Crippen LogP contribution in [0.15, 0.2) is 35.3 Å². The van der Waals surface area contributed by atoms with Gasteiger partial charge < -0.3 is 5.11 Å². The second-order valence-corrected chi connectivity index (χ2v) is 3.95. The number of nitrogens with zero attached hydrogens (tertiary/aromatic N) is 1. The first kappa shape index (κ1) is 13.2. The third-order valence-corrected chi connectivity index (χ3v) is 2.98. The zero-order chi connectivity index (χ0) is 11.3. The van der Waals surface area contributed by atoms with Crippen LogP contribution in [0.1, 0.15) is 15.9 Å². The minimum Gasteiger partial charge on any atom is -0.858 e. The monoisotopic (exact) mass is 269 g/mol. The van der Waals surface area contributed by atoms with Gasteiger partial charge in [0, 0.05) is 15.8 Å². The number of halogens is 1. The number of carbonyl (C=O) groups excluding carboxylic acids is 1. The van der Waals surface area contributed by atoms with Crippen LogP contribution in [0.3, 0.4) is 0 Å². The molecule has 3 rings (SSSR count). The molecule has 0 aliphatic carbocycles. The third kappa shape index (κ3) is 1.99. The van der Waals surface area contributed by atoms with E-state index < -0.39 is 11.8 Å². The summed E-state index contributed by atoms with van der Waals surface area (Å²) in [5.41, 5.74) is 0.879. The van der Waals surface area contributed by atoms with Crippen molar-refractivity contribution in [3.8, 4) is 0 Å². The number of aliphatic imine (C=N–C) groups is 1. The summed E-state index contributed by atoms with van der Waals surface area (Å²) in [4.78, 5) is 15.0. The summed E-state index contributed by atoms with van der Waals surface area (Å²) in [6, 6.07) is 8.42. The van der Waals surface area contributed by atoms with Gasteiger partial charge in [-0.25, -0.2) is 4.99 Å². The molecule has 5 heteroatoms. The Hall–Kier alpha value is -0.234. The molecule has 3 nitrogen and oxygen atoms in total. The fourth-order valence-electron chi connectivity index (χ4n) is 1.94. The van der Waals surface area contributed by atoms with Crippen molar-refractivity contribution in [2.45, 2.75) is 0 Å². The van der Waals surface area contributed by atoms with Crippen LogP contribution in [0.25, 0.3) is 10.8 Å². The molecule has 0 aromatic heterocycles. The first-order valence-corrected chi connectivity index (χ1v) is 5.08. The van der Waals surface area contributed by atoms with E-state index >= 15 is 0 Å². The Morgan fingerprint density at radius 2 is 1.88 bits per heavy atom. The number of amides is 1. The summed E-state index contributed by atoms with van der Waals surface area (Å²) < 4.78 is 0. The van der Waals surface area contributed by atoms with Gasteiger partial charge in [0.1, 0.15) is 0 Å². The van der Waals surface area contributed by atoms with Gasteiger partial charge in [-0.3, -0.25) is 4.79 Å². The van der Waals surface area contributed by atoms with Crippen LogP contribution in [-0.2, 0) is 0 Å². The second kappa shape index (κ2) is 4.80. The first-order chi connectivity index (χ1) is 7.68. The van der Waals surface area contributed by atoms with Gasteiger partial charge >= 0.3 is 51.4 Å². The molecule has 1 amide bonds. The minimum atomic E-state index is -0.495. The van der Waals surface area contributed by atoms with Gasteiger partial charge in [0.2, 0.25) is 0 Å². The van der Waals surface area contributed by atoms with Crippen molar-refractivity contribution in [1.29, 1.82) is 0 Å². The predicted octanol–water partition coefficient (Wildman–Crippen LogP) is -1.24. The Kier molecular flexibility index (Phi) is 3.73. The Morgan fingerprint density at radius 1 is 1.12 bits per heavy atom. The molecule has 0 N–H and O–H groups in total. The van der Waals surface area contributed by atoms with Gasteiger partial charge in [0.05, 0.1) is 5.56 Å². The van der Waals surface area contributed by atoms with E-state index in [0.717, 1.165) is 0 Å². The summed E-state index contributed by atoms with van der Waals surface area (Å²) in [6.45, 7) is 0. The molecule has 78 valence electrons. The van der Waals surface area contributed by atoms with E-state index in [2.05, 4.69) is 4.99 Å². The topological polar surface area (TPSA) is 52.5 Å². The van der Waals surface area contributed by atoms with Crippen LogP contribution in [0.5, 0.6) is 0 Å². The van der Waals surface area contributed by atoms with Crippen LogP contribution < -0.4 is 56.5 Å². The van der Waals surface area contributed by atoms with Gasteiger partial charge in [-0.1, -0.05) is 29.8 Å². The van der Waals surface area contributed by atoms with Crippen molar-refractivity contribution < 1.29 is 61.3 Å². The normalized spacial score (nSPS) is 13.2.